The fraction of sp³-hybridized carbons (Fsp3) is 0.182. The predicted molar refractivity (Wildman–Crippen MR) is 120 cm³/mol. The minimum atomic E-state index is -3.82. The fourth-order valence-electron chi connectivity index (χ4n) is 3.66. The number of carbonyl (C=O) groups excluding carboxylic acids is 2. The quantitative estimate of drug-likeness (QED) is 0.568. The lowest BCUT2D eigenvalue weighted by atomic mass is 9.98. The number of benzene rings is 2. The molecule has 0 unspecified atom stereocenters. The number of nitrogens with one attached hydrogen (secondary N) is 1. The van der Waals surface area contributed by atoms with Gasteiger partial charge >= 0.3 is 5.97 Å². The molecule has 1 aliphatic rings. The first-order valence-corrected chi connectivity index (χ1v) is 11.9. The van der Waals surface area contributed by atoms with E-state index < -0.39 is 16.0 Å². The van der Waals surface area contributed by atoms with Crippen LogP contribution in [0, 0.1) is 6.92 Å². The van der Waals surface area contributed by atoms with Crippen molar-refractivity contribution >= 4 is 38.9 Å². The number of rotatable bonds is 5. The van der Waals surface area contributed by atoms with Crippen molar-refractivity contribution in [3.05, 3.63) is 58.5 Å². The predicted octanol–water partition coefficient (Wildman–Crippen LogP) is 3.71. The molecule has 2 heterocycles. The highest BCUT2D eigenvalue weighted by atomic mass is 32.2. The molecule has 0 bridgehead atoms. The maximum absolute atomic E-state index is 12.7. The summed E-state index contributed by atoms with van der Waals surface area (Å²) < 4.78 is 28.4. The van der Waals surface area contributed by atoms with Gasteiger partial charge in [0.1, 0.15) is 4.88 Å². The van der Waals surface area contributed by atoms with Gasteiger partial charge in [-0.2, -0.15) is 0 Å². The lowest BCUT2D eigenvalue weighted by molar-refractivity contribution is -0.115. The number of anilines is 1. The van der Waals surface area contributed by atoms with Crippen LogP contribution in [-0.2, 0) is 26.0 Å². The van der Waals surface area contributed by atoms with E-state index >= 15 is 0 Å². The smallest absolute Gasteiger partial charge is 0.348 e. The number of amides is 1. The number of hydrogen-bond donors (Lipinski definition) is 2. The van der Waals surface area contributed by atoms with Crippen molar-refractivity contribution in [1.29, 1.82) is 0 Å². The van der Waals surface area contributed by atoms with E-state index in [1.807, 2.05) is 25.1 Å². The van der Waals surface area contributed by atoms with E-state index in [2.05, 4.69) is 5.32 Å². The van der Waals surface area contributed by atoms with Crippen molar-refractivity contribution in [3.63, 3.8) is 0 Å². The molecular formula is C22H20N2O5S2. The Kier molecular flexibility index (Phi) is 5.42. The van der Waals surface area contributed by atoms with Crippen molar-refractivity contribution in [2.45, 2.75) is 25.2 Å². The van der Waals surface area contributed by atoms with Gasteiger partial charge in [0.2, 0.25) is 15.9 Å². The van der Waals surface area contributed by atoms with Gasteiger partial charge in [-0.05, 0) is 60.4 Å². The Labute approximate surface area is 183 Å². The zero-order valence-electron chi connectivity index (χ0n) is 16.9. The van der Waals surface area contributed by atoms with Gasteiger partial charge < -0.3 is 10.1 Å². The largest absolute Gasteiger partial charge is 0.462 e. The van der Waals surface area contributed by atoms with Gasteiger partial charge in [-0.25, -0.2) is 18.4 Å². The summed E-state index contributed by atoms with van der Waals surface area (Å²) in [5, 5.41) is 8.02. The topological polar surface area (TPSA) is 116 Å². The van der Waals surface area contributed by atoms with Crippen LogP contribution >= 0.6 is 11.3 Å². The van der Waals surface area contributed by atoms with Crippen LogP contribution < -0.4 is 10.5 Å². The van der Waals surface area contributed by atoms with E-state index in [9.17, 15) is 18.0 Å². The number of hydrogen-bond acceptors (Lipinski definition) is 6. The number of ether oxygens (including phenoxy) is 1. The Hall–Kier alpha value is -3.01. The molecule has 0 saturated heterocycles. The van der Waals surface area contributed by atoms with Gasteiger partial charge in [0.25, 0.3) is 0 Å². The van der Waals surface area contributed by atoms with Crippen molar-refractivity contribution in [2.24, 2.45) is 5.14 Å². The van der Waals surface area contributed by atoms with Gasteiger partial charge in [-0.1, -0.05) is 18.2 Å². The Morgan fingerprint density at radius 2 is 1.84 bits per heavy atom. The molecule has 160 valence electrons. The Bertz CT molecular complexity index is 1310. The molecule has 0 spiro atoms. The first-order valence-electron chi connectivity index (χ1n) is 9.56. The van der Waals surface area contributed by atoms with Gasteiger partial charge in [0.15, 0.2) is 0 Å². The molecule has 1 aromatic heterocycles. The molecular weight excluding hydrogens is 436 g/mol. The highest BCUT2D eigenvalue weighted by Gasteiger charge is 2.25. The van der Waals surface area contributed by atoms with Crippen LogP contribution in [-0.4, -0.2) is 26.9 Å². The van der Waals surface area contributed by atoms with Crippen LogP contribution in [0.2, 0.25) is 0 Å². The summed E-state index contributed by atoms with van der Waals surface area (Å²) in [6, 6.07) is 11.8. The first kappa shape index (κ1) is 21.2. The van der Waals surface area contributed by atoms with E-state index in [-0.39, 0.29) is 17.4 Å². The number of sulfonamides is 1. The van der Waals surface area contributed by atoms with Crippen molar-refractivity contribution in [2.75, 3.05) is 11.9 Å². The lowest BCUT2D eigenvalue weighted by Gasteiger charge is -2.07. The summed E-state index contributed by atoms with van der Waals surface area (Å²) >= 11 is 1.32. The van der Waals surface area contributed by atoms with E-state index in [0.717, 1.165) is 27.3 Å². The van der Waals surface area contributed by atoms with Gasteiger partial charge in [0, 0.05) is 16.1 Å². The van der Waals surface area contributed by atoms with E-state index in [1.54, 1.807) is 19.1 Å². The SMILES string of the molecule is CCOC(=O)c1sc(-c2ccc3c(c2)CC(=O)N3)c(C)c1-c1ccc(S(N)(=O)=O)cc1. The average Bonchev–Trinajstić information content (AvgIpc) is 3.26. The number of primary sulfonamides is 1. The summed E-state index contributed by atoms with van der Waals surface area (Å²) in [6.45, 7) is 3.89. The second kappa shape index (κ2) is 7.92. The Morgan fingerprint density at radius 1 is 1.16 bits per heavy atom. The first-order chi connectivity index (χ1) is 14.7. The molecule has 9 heteroatoms. The molecule has 31 heavy (non-hydrogen) atoms. The van der Waals surface area contributed by atoms with Crippen molar-refractivity contribution in [3.8, 4) is 21.6 Å². The van der Waals surface area contributed by atoms with Crippen LogP contribution in [0.5, 0.6) is 0 Å². The van der Waals surface area contributed by atoms with E-state index in [4.69, 9.17) is 9.88 Å². The number of nitrogens with two attached hydrogens (primary N) is 1. The third kappa shape index (κ3) is 3.99. The molecule has 1 aliphatic heterocycles. The van der Waals surface area contributed by atoms with Gasteiger partial charge in [0.05, 0.1) is 17.9 Å². The minimum absolute atomic E-state index is 0.00201. The second-order valence-electron chi connectivity index (χ2n) is 7.15. The number of carbonyl (C=O) groups is 2. The molecule has 0 atom stereocenters. The van der Waals surface area contributed by atoms with Crippen molar-refractivity contribution < 1.29 is 22.7 Å². The third-order valence-electron chi connectivity index (χ3n) is 5.07. The Balaban J connectivity index is 1.85. The fourth-order valence-corrected chi connectivity index (χ4v) is 5.39. The van der Waals surface area contributed by atoms with Crippen LogP contribution in [0.25, 0.3) is 21.6 Å². The standard InChI is InChI=1S/C22H20N2O5S2/c1-3-29-22(26)21-19(13-4-7-16(8-5-13)31(23,27)28)12(2)20(30-21)14-6-9-17-15(10-14)11-18(25)24-17/h4-10H,3,11H2,1-2H3,(H,24,25)(H2,23,27,28). The lowest BCUT2D eigenvalue weighted by Crippen LogP contribution is -2.11. The number of esters is 1. The number of fused-ring (bicyclic) bond motifs is 1. The van der Waals surface area contributed by atoms with Crippen LogP contribution in [0.15, 0.2) is 47.4 Å². The molecule has 3 N–H and O–H groups in total. The summed E-state index contributed by atoms with van der Waals surface area (Å²) in [4.78, 5) is 25.7. The summed E-state index contributed by atoms with van der Waals surface area (Å²) in [5.41, 5.74) is 4.85. The summed E-state index contributed by atoms with van der Waals surface area (Å²) in [6.07, 6.45) is 0.320. The van der Waals surface area contributed by atoms with Crippen LogP contribution in [0.4, 0.5) is 5.69 Å². The summed E-state index contributed by atoms with van der Waals surface area (Å²) in [7, 11) is -3.82. The molecule has 4 rings (SSSR count). The molecule has 7 nitrogen and oxygen atoms in total. The molecule has 3 aromatic rings. The molecule has 0 saturated carbocycles. The number of thiophene rings is 1. The second-order valence-corrected chi connectivity index (χ2v) is 9.73. The van der Waals surface area contributed by atoms with Crippen molar-refractivity contribution in [1.82, 2.24) is 0 Å². The molecule has 0 radical (unpaired) electrons. The van der Waals surface area contributed by atoms with Crippen LogP contribution in [0.1, 0.15) is 27.7 Å². The maximum Gasteiger partial charge on any atom is 0.348 e. The van der Waals surface area contributed by atoms with Gasteiger partial charge in [-0.3, -0.25) is 4.79 Å². The highest BCUT2D eigenvalue weighted by Crippen LogP contribution is 2.43. The zero-order valence-corrected chi connectivity index (χ0v) is 18.5. The van der Waals surface area contributed by atoms with E-state index in [1.165, 1.54) is 23.5 Å². The Morgan fingerprint density at radius 3 is 2.48 bits per heavy atom. The normalized spacial score (nSPS) is 13.1. The zero-order chi connectivity index (χ0) is 22.3. The molecule has 1 amide bonds. The maximum atomic E-state index is 12.7. The molecule has 2 aromatic carbocycles. The molecule has 0 fully saturated rings. The average molecular weight is 457 g/mol. The summed E-state index contributed by atoms with van der Waals surface area (Å²) in [5.74, 6) is -0.483. The van der Waals surface area contributed by atoms with E-state index in [0.29, 0.717) is 22.4 Å². The minimum Gasteiger partial charge on any atom is -0.462 e. The third-order valence-corrected chi connectivity index (χ3v) is 7.32. The van der Waals surface area contributed by atoms with Crippen LogP contribution in [0.3, 0.4) is 0 Å². The van der Waals surface area contributed by atoms with Gasteiger partial charge in [-0.15, -0.1) is 11.3 Å². The monoisotopic (exact) mass is 456 g/mol. The molecule has 0 aliphatic carbocycles. The highest BCUT2D eigenvalue weighted by molar-refractivity contribution is 7.89.